The molecule has 1 aliphatic heterocycles. The van der Waals surface area contributed by atoms with Crippen molar-refractivity contribution in [1.29, 1.82) is 0 Å². The van der Waals surface area contributed by atoms with Gasteiger partial charge in [-0.1, -0.05) is 30.3 Å². The van der Waals surface area contributed by atoms with Gasteiger partial charge in [0.25, 0.3) is 0 Å². The van der Waals surface area contributed by atoms with E-state index in [4.69, 9.17) is 32.2 Å². The minimum absolute atomic E-state index is 0.00302. The van der Waals surface area contributed by atoms with Crippen molar-refractivity contribution >= 4 is 29.2 Å². The lowest BCUT2D eigenvalue weighted by Crippen LogP contribution is -2.32. The van der Waals surface area contributed by atoms with E-state index in [2.05, 4.69) is 29.5 Å². The fourth-order valence-electron chi connectivity index (χ4n) is 3.98. The van der Waals surface area contributed by atoms with Crippen molar-refractivity contribution in [2.45, 2.75) is 46.3 Å². The second-order valence-corrected chi connectivity index (χ2v) is 8.75. The van der Waals surface area contributed by atoms with Crippen molar-refractivity contribution < 1.29 is 19.5 Å². The quantitative estimate of drug-likeness (QED) is 0.332. The van der Waals surface area contributed by atoms with Crippen LogP contribution in [-0.2, 0) is 22.6 Å². The number of nitrogens with two attached hydrogens (primary N) is 1. The highest BCUT2D eigenvalue weighted by molar-refractivity contribution is 6.32. The van der Waals surface area contributed by atoms with Crippen LogP contribution in [-0.4, -0.2) is 41.1 Å². The van der Waals surface area contributed by atoms with Gasteiger partial charge in [0.1, 0.15) is 5.75 Å². The molecule has 8 heteroatoms. The molecule has 3 rings (SSSR count). The number of hydrogen-bond donors (Lipinski definition) is 2. The number of carbonyl (C=O) groups is 1. The number of hydrogen-bond acceptors (Lipinski definition) is 6. The number of ether oxygens (including phenoxy) is 1. The first-order valence-electron chi connectivity index (χ1n) is 10.9. The van der Waals surface area contributed by atoms with E-state index in [1.165, 1.54) is 11.1 Å². The molecule has 0 unspecified atom stereocenters. The van der Waals surface area contributed by atoms with Crippen LogP contribution < -0.4 is 10.6 Å². The zero-order valence-corrected chi connectivity index (χ0v) is 20.0. The number of benzene rings is 2. The van der Waals surface area contributed by atoms with Crippen LogP contribution in [0.1, 0.15) is 48.1 Å². The van der Waals surface area contributed by atoms with Crippen LogP contribution in [0.5, 0.6) is 5.75 Å². The number of aliphatic imine (C=N–C) groups is 1. The number of nitrogens with zero attached hydrogens (tertiary/aromatic N) is 2. The summed E-state index contributed by atoms with van der Waals surface area (Å²) in [5.74, 6) is 5.53. The van der Waals surface area contributed by atoms with Crippen molar-refractivity contribution in [2.75, 3.05) is 13.1 Å². The zero-order chi connectivity index (χ0) is 24.1. The van der Waals surface area contributed by atoms with Crippen LogP contribution in [0.3, 0.4) is 0 Å². The van der Waals surface area contributed by atoms with Crippen LogP contribution in [0.15, 0.2) is 41.9 Å². The van der Waals surface area contributed by atoms with Gasteiger partial charge in [-0.15, -0.1) is 0 Å². The molecular formula is C25H30ClN3O4. The summed E-state index contributed by atoms with van der Waals surface area (Å²) in [6.07, 6.45) is 0.996. The van der Waals surface area contributed by atoms with E-state index in [1.54, 1.807) is 18.2 Å². The van der Waals surface area contributed by atoms with E-state index in [1.807, 2.05) is 19.9 Å². The molecule has 0 spiro atoms. The second-order valence-electron chi connectivity index (χ2n) is 8.34. The van der Waals surface area contributed by atoms with Crippen molar-refractivity contribution in [3.05, 3.63) is 69.8 Å². The SMILES string of the molecule is C=C(/N=C(\ON)c1ccc(OC(C)C)c(Cl)c1)c1ccc2c(c1C)CCN(CCC(=O)O)C2. The van der Waals surface area contributed by atoms with Gasteiger partial charge in [0, 0.05) is 30.8 Å². The molecule has 0 amide bonds. The van der Waals surface area contributed by atoms with Crippen molar-refractivity contribution in [3.63, 3.8) is 0 Å². The first-order chi connectivity index (χ1) is 15.7. The highest BCUT2D eigenvalue weighted by Crippen LogP contribution is 2.30. The maximum Gasteiger partial charge on any atom is 0.304 e. The molecule has 0 fully saturated rings. The summed E-state index contributed by atoms with van der Waals surface area (Å²) in [5.41, 5.74) is 5.62. The van der Waals surface area contributed by atoms with Gasteiger partial charge in [0.2, 0.25) is 5.90 Å². The predicted octanol–water partition coefficient (Wildman–Crippen LogP) is 4.58. The zero-order valence-electron chi connectivity index (χ0n) is 19.2. The summed E-state index contributed by atoms with van der Waals surface area (Å²) >= 11 is 6.35. The number of aliphatic carboxylic acids is 1. The lowest BCUT2D eigenvalue weighted by molar-refractivity contribution is -0.137. The Hall–Kier alpha value is -2.87. The third-order valence-electron chi connectivity index (χ3n) is 5.61. The van der Waals surface area contributed by atoms with Crippen LogP contribution in [0.4, 0.5) is 0 Å². The topological polar surface area (TPSA) is 97.4 Å². The lowest BCUT2D eigenvalue weighted by Gasteiger charge is -2.30. The molecule has 0 saturated heterocycles. The molecule has 3 N–H and O–H groups in total. The molecule has 2 aromatic carbocycles. The van der Waals surface area contributed by atoms with Crippen LogP contribution in [0.2, 0.25) is 5.02 Å². The molecule has 1 heterocycles. The van der Waals surface area contributed by atoms with Gasteiger partial charge >= 0.3 is 5.97 Å². The van der Waals surface area contributed by atoms with Crippen LogP contribution in [0.25, 0.3) is 5.70 Å². The number of carboxylic acids is 1. The van der Waals surface area contributed by atoms with Gasteiger partial charge in [-0.25, -0.2) is 4.99 Å². The smallest absolute Gasteiger partial charge is 0.304 e. The van der Waals surface area contributed by atoms with E-state index >= 15 is 0 Å². The summed E-state index contributed by atoms with van der Waals surface area (Å²) in [4.78, 5) is 22.6. The summed E-state index contributed by atoms with van der Waals surface area (Å²) in [7, 11) is 0. The Labute approximate surface area is 199 Å². The van der Waals surface area contributed by atoms with Crippen molar-refractivity contribution in [1.82, 2.24) is 4.90 Å². The molecule has 33 heavy (non-hydrogen) atoms. The molecule has 2 aromatic rings. The molecule has 0 radical (unpaired) electrons. The maximum atomic E-state index is 10.9. The average Bonchev–Trinajstić information content (AvgIpc) is 2.77. The van der Waals surface area contributed by atoms with E-state index in [9.17, 15) is 4.79 Å². The molecule has 0 aliphatic carbocycles. The summed E-state index contributed by atoms with van der Waals surface area (Å²) in [6, 6.07) is 9.29. The van der Waals surface area contributed by atoms with E-state index < -0.39 is 5.97 Å². The van der Waals surface area contributed by atoms with Gasteiger partial charge in [-0.05, 0) is 62.1 Å². The number of halogens is 1. The Kier molecular flexibility index (Phi) is 8.13. The third-order valence-corrected chi connectivity index (χ3v) is 5.91. The lowest BCUT2D eigenvalue weighted by atomic mass is 9.91. The molecule has 7 nitrogen and oxygen atoms in total. The Morgan fingerprint density at radius 1 is 1.33 bits per heavy atom. The second kappa shape index (κ2) is 10.8. The monoisotopic (exact) mass is 471 g/mol. The van der Waals surface area contributed by atoms with E-state index in [0.29, 0.717) is 28.6 Å². The molecule has 0 saturated carbocycles. The summed E-state index contributed by atoms with van der Waals surface area (Å²) in [5, 5.41) is 9.38. The summed E-state index contributed by atoms with van der Waals surface area (Å²) < 4.78 is 5.67. The Morgan fingerprint density at radius 2 is 2.09 bits per heavy atom. The Morgan fingerprint density at radius 3 is 2.73 bits per heavy atom. The van der Waals surface area contributed by atoms with Gasteiger partial charge in [-0.2, -0.15) is 5.90 Å². The van der Waals surface area contributed by atoms with Gasteiger partial charge in [0.05, 0.1) is 23.2 Å². The van der Waals surface area contributed by atoms with Crippen molar-refractivity contribution in [3.8, 4) is 5.75 Å². The van der Waals surface area contributed by atoms with Gasteiger partial charge in [-0.3, -0.25) is 9.69 Å². The van der Waals surface area contributed by atoms with Crippen molar-refractivity contribution in [2.24, 2.45) is 10.9 Å². The number of rotatable bonds is 8. The minimum Gasteiger partial charge on any atom is -0.489 e. The average molecular weight is 472 g/mol. The molecule has 0 bridgehead atoms. The predicted molar refractivity (Wildman–Crippen MR) is 130 cm³/mol. The molecular weight excluding hydrogens is 442 g/mol. The van der Waals surface area contributed by atoms with Crippen LogP contribution in [0, 0.1) is 6.92 Å². The highest BCUT2D eigenvalue weighted by atomic mass is 35.5. The first kappa shape index (κ1) is 24.8. The minimum atomic E-state index is -0.775. The molecule has 176 valence electrons. The van der Waals surface area contributed by atoms with E-state index in [0.717, 1.165) is 30.6 Å². The Bertz CT molecular complexity index is 1080. The van der Waals surface area contributed by atoms with Gasteiger partial charge in [0.15, 0.2) is 0 Å². The maximum absolute atomic E-state index is 10.9. The molecule has 0 atom stereocenters. The standard InChI is InChI=1S/C25H30ClN3O4/c1-15(2)32-23-8-6-18(13-22(23)26)25(33-27)28-17(4)20-7-5-19-14-29(12-10-24(30)31)11-9-21(19)16(20)3/h5-8,13,15H,4,9-12,14,27H2,1-3H3,(H,30,31)/b28-25-. The summed E-state index contributed by atoms with van der Waals surface area (Å²) in [6.45, 7) is 12.2. The molecule has 0 aromatic heterocycles. The van der Waals surface area contributed by atoms with Gasteiger partial charge < -0.3 is 14.7 Å². The fraction of sp³-hybridized carbons (Fsp3) is 0.360. The number of fused-ring (bicyclic) bond motifs is 1. The fourth-order valence-corrected chi connectivity index (χ4v) is 4.21. The third kappa shape index (κ3) is 6.13. The first-order valence-corrected chi connectivity index (χ1v) is 11.2. The normalized spacial score (nSPS) is 14.2. The van der Waals surface area contributed by atoms with E-state index in [-0.39, 0.29) is 18.4 Å². The largest absolute Gasteiger partial charge is 0.489 e. The molecule has 1 aliphatic rings. The van der Waals surface area contributed by atoms with Crippen LogP contribution >= 0.6 is 11.6 Å². The highest BCUT2D eigenvalue weighted by Gasteiger charge is 2.20. The Balaban J connectivity index is 1.82. The number of carboxylic acid groups (broad SMARTS) is 1.